The molecule has 1 heterocycles. The molecule has 24 heavy (non-hydrogen) atoms. The molecule has 0 atom stereocenters. The first-order valence-corrected chi connectivity index (χ1v) is 9.18. The van der Waals surface area contributed by atoms with E-state index >= 15 is 0 Å². The third-order valence-electron chi connectivity index (χ3n) is 4.45. The molecular formula is C22H23NS. The fourth-order valence-corrected chi connectivity index (χ4v) is 3.93. The minimum absolute atomic E-state index is 0.0957. The second kappa shape index (κ2) is 8.09. The van der Waals surface area contributed by atoms with Gasteiger partial charge in [-0.25, -0.2) is 0 Å². The van der Waals surface area contributed by atoms with E-state index in [1.165, 1.54) is 16.0 Å². The van der Waals surface area contributed by atoms with Crippen molar-refractivity contribution in [3.05, 3.63) is 107 Å². The highest BCUT2D eigenvalue weighted by molar-refractivity contribution is 7.09. The highest BCUT2D eigenvalue weighted by atomic mass is 32.1. The van der Waals surface area contributed by atoms with Gasteiger partial charge in [0.05, 0.1) is 0 Å². The molecule has 122 valence electrons. The SMILES string of the molecule is C=CCC(CNCc1cccs1)(c1ccccc1)c1ccccc1. The van der Waals surface area contributed by atoms with Crippen molar-refractivity contribution in [2.75, 3.05) is 6.54 Å². The van der Waals surface area contributed by atoms with Crippen LogP contribution in [0.1, 0.15) is 22.4 Å². The van der Waals surface area contributed by atoms with Crippen LogP contribution in [-0.4, -0.2) is 6.54 Å². The second-order valence-electron chi connectivity index (χ2n) is 5.99. The molecule has 0 aliphatic heterocycles. The maximum atomic E-state index is 4.03. The number of nitrogens with one attached hydrogen (secondary N) is 1. The number of hydrogen-bond acceptors (Lipinski definition) is 2. The molecule has 0 radical (unpaired) electrons. The van der Waals surface area contributed by atoms with Crippen LogP contribution in [0, 0.1) is 0 Å². The van der Waals surface area contributed by atoms with E-state index < -0.39 is 0 Å². The summed E-state index contributed by atoms with van der Waals surface area (Å²) >= 11 is 1.80. The Morgan fingerprint density at radius 3 is 2.00 bits per heavy atom. The predicted molar refractivity (Wildman–Crippen MR) is 105 cm³/mol. The van der Waals surface area contributed by atoms with Crippen LogP contribution in [0.15, 0.2) is 90.8 Å². The molecule has 1 nitrogen and oxygen atoms in total. The molecule has 0 aliphatic rings. The average Bonchev–Trinajstić information content (AvgIpc) is 3.16. The van der Waals surface area contributed by atoms with Gasteiger partial charge in [-0.1, -0.05) is 72.8 Å². The molecule has 0 saturated carbocycles. The Labute approximate surface area is 148 Å². The van der Waals surface area contributed by atoms with Crippen LogP contribution in [-0.2, 0) is 12.0 Å². The fraction of sp³-hybridized carbons (Fsp3) is 0.182. The summed E-state index contributed by atoms with van der Waals surface area (Å²) in [5.41, 5.74) is 2.56. The summed E-state index contributed by atoms with van der Waals surface area (Å²) in [6.07, 6.45) is 2.94. The Kier molecular flexibility index (Phi) is 5.63. The Hall–Kier alpha value is -2.16. The molecule has 1 aromatic heterocycles. The van der Waals surface area contributed by atoms with Crippen LogP contribution in [0.3, 0.4) is 0 Å². The van der Waals surface area contributed by atoms with Crippen LogP contribution >= 0.6 is 11.3 Å². The topological polar surface area (TPSA) is 12.0 Å². The maximum absolute atomic E-state index is 4.03. The van der Waals surface area contributed by atoms with Gasteiger partial charge in [0, 0.05) is 23.4 Å². The van der Waals surface area contributed by atoms with Crippen molar-refractivity contribution in [3.8, 4) is 0 Å². The van der Waals surface area contributed by atoms with Crippen molar-refractivity contribution in [1.29, 1.82) is 0 Å². The standard InChI is InChI=1S/C22H23NS/c1-2-15-22(19-10-5-3-6-11-19,20-12-7-4-8-13-20)18-23-17-21-14-9-16-24-21/h2-14,16,23H,1,15,17-18H2. The van der Waals surface area contributed by atoms with Gasteiger partial charge < -0.3 is 5.32 Å². The Morgan fingerprint density at radius 2 is 1.50 bits per heavy atom. The summed E-state index contributed by atoms with van der Waals surface area (Å²) in [5.74, 6) is 0. The molecule has 0 amide bonds. The molecule has 0 unspecified atom stereocenters. The number of thiophene rings is 1. The lowest BCUT2D eigenvalue weighted by atomic mass is 9.72. The zero-order valence-electron chi connectivity index (χ0n) is 13.8. The first kappa shape index (κ1) is 16.7. The lowest BCUT2D eigenvalue weighted by Gasteiger charge is -2.35. The molecule has 1 N–H and O–H groups in total. The quantitative estimate of drug-likeness (QED) is 0.544. The molecular weight excluding hydrogens is 310 g/mol. The minimum Gasteiger partial charge on any atom is -0.311 e. The monoisotopic (exact) mass is 333 g/mol. The van der Waals surface area contributed by atoms with Crippen LogP contribution in [0.2, 0.25) is 0 Å². The molecule has 3 rings (SSSR count). The molecule has 2 aromatic carbocycles. The van der Waals surface area contributed by atoms with Gasteiger partial charge in [-0.05, 0) is 29.0 Å². The van der Waals surface area contributed by atoms with E-state index in [1.807, 2.05) is 6.08 Å². The highest BCUT2D eigenvalue weighted by Crippen LogP contribution is 2.35. The molecule has 0 fully saturated rings. The summed E-state index contributed by atoms with van der Waals surface area (Å²) < 4.78 is 0. The van der Waals surface area contributed by atoms with Crippen LogP contribution < -0.4 is 5.32 Å². The Morgan fingerprint density at radius 1 is 0.875 bits per heavy atom. The lowest BCUT2D eigenvalue weighted by molar-refractivity contribution is 0.468. The van der Waals surface area contributed by atoms with Crippen LogP contribution in [0.25, 0.3) is 0 Å². The minimum atomic E-state index is -0.0957. The van der Waals surface area contributed by atoms with E-state index in [-0.39, 0.29) is 5.41 Å². The van der Waals surface area contributed by atoms with Gasteiger partial charge in [-0.15, -0.1) is 17.9 Å². The Balaban J connectivity index is 1.93. The summed E-state index contributed by atoms with van der Waals surface area (Å²) in [6, 6.07) is 25.8. The first-order chi connectivity index (χ1) is 11.8. The lowest BCUT2D eigenvalue weighted by Crippen LogP contribution is -2.38. The van der Waals surface area contributed by atoms with Gasteiger partial charge in [-0.2, -0.15) is 0 Å². The maximum Gasteiger partial charge on any atom is 0.0361 e. The van der Waals surface area contributed by atoms with E-state index in [9.17, 15) is 0 Å². The zero-order chi connectivity index (χ0) is 16.7. The summed E-state index contributed by atoms with van der Waals surface area (Å²) in [5, 5.41) is 5.80. The number of hydrogen-bond donors (Lipinski definition) is 1. The van der Waals surface area contributed by atoms with Gasteiger partial charge >= 0.3 is 0 Å². The third kappa shape index (κ3) is 3.66. The third-order valence-corrected chi connectivity index (χ3v) is 5.33. The number of allylic oxidation sites excluding steroid dienone is 1. The van der Waals surface area contributed by atoms with Crippen molar-refractivity contribution in [3.63, 3.8) is 0 Å². The molecule has 0 spiro atoms. The van der Waals surface area contributed by atoms with E-state index in [0.29, 0.717) is 0 Å². The number of rotatable bonds is 8. The van der Waals surface area contributed by atoms with Crippen molar-refractivity contribution >= 4 is 11.3 Å². The van der Waals surface area contributed by atoms with Crippen molar-refractivity contribution < 1.29 is 0 Å². The van der Waals surface area contributed by atoms with E-state index in [4.69, 9.17) is 0 Å². The normalized spacial score (nSPS) is 11.3. The van der Waals surface area contributed by atoms with Crippen LogP contribution in [0.4, 0.5) is 0 Å². The molecule has 3 aromatic rings. The van der Waals surface area contributed by atoms with Gasteiger partial charge in [0.1, 0.15) is 0 Å². The smallest absolute Gasteiger partial charge is 0.0361 e. The summed E-state index contributed by atoms with van der Waals surface area (Å²) in [4.78, 5) is 1.36. The van der Waals surface area contributed by atoms with Crippen molar-refractivity contribution in [1.82, 2.24) is 5.32 Å². The zero-order valence-corrected chi connectivity index (χ0v) is 14.6. The largest absolute Gasteiger partial charge is 0.311 e. The van der Waals surface area contributed by atoms with Crippen molar-refractivity contribution in [2.45, 2.75) is 18.4 Å². The molecule has 0 bridgehead atoms. The first-order valence-electron chi connectivity index (χ1n) is 8.30. The van der Waals surface area contributed by atoms with Crippen molar-refractivity contribution in [2.24, 2.45) is 0 Å². The van der Waals surface area contributed by atoms with Gasteiger partial charge in [0.2, 0.25) is 0 Å². The van der Waals surface area contributed by atoms with E-state index in [2.05, 4.69) is 90.1 Å². The Bertz CT molecular complexity index is 693. The van der Waals surface area contributed by atoms with Gasteiger partial charge in [-0.3, -0.25) is 0 Å². The number of benzene rings is 2. The summed E-state index contributed by atoms with van der Waals surface area (Å²) in [6.45, 7) is 5.81. The second-order valence-corrected chi connectivity index (χ2v) is 7.02. The fourth-order valence-electron chi connectivity index (χ4n) is 3.25. The molecule has 0 saturated heterocycles. The highest BCUT2D eigenvalue weighted by Gasteiger charge is 2.32. The average molecular weight is 334 g/mol. The summed E-state index contributed by atoms with van der Waals surface area (Å²) in [7, 11) is 0. The molecule has 2 heteroatoms. The molecule has 0 aliphatic carbocycles. The van der Waals surface area contributed by atoms with Crippen LogP contribution in [0.5, 0.6) is 0 Å². The predicted octanol–water partition coefficient (Wildman–Crippen LogP) is 5.40. The van der Waals surface area contributed by atoms with Gasteiger partial charge in [0.15, 0.2) is 0 Å². The van der Waals surface area contributed by atoms with E-state index in [0.717, 1.165) is 19.5 Å². The van der Waals surface area contributed by atoms with Gasteiger partial charge in [0.25, 0.3) is 0 Å². The van der Waals surface area contributed by atoms with E-state index in [1.54, 1.807) is 11.3 Å².